The van der Waals surface area contributed by atoms with E-state index in [1.165, 1.54) is 17.2 Å². The number of hydrogen-bond acceptors (Lipinski definition) is 4. The van der Waals surface area contributed by atoms with Crippen LogP contribution in [0, 0.1) is 0 Å². The lowest BCUT2D eigenvalue weighted by molar-refractivity contribution is -0.116. The van der Waals surface area contributed by atoms with Crippen molar-refractivity contribution in [1.29, 1.82) is 0 Å². The van der Waals surface area contributed by atoms with Gasteiger partial charge in [0.1, 0.15) is 10.9 Å². The summed E-state index contributed by atoms with van der Waals surface area (Å²) in [6, 6.07) is 9.99. The van der Waals surface area contributed by atoms with E-state index >= 15 is 0 Å². The molecule has 2 rings (SSSR count). The third-order valence-corrected chi connectivity index (χ3v) is 3.26. The van der Waals surface area contributed by atoms with Crippen LogP contribution in [0.5, 0.6) is 5.75 Å². The number of likely N-dealkylation sites (N-methyl/N-ethyl adjacent to an activating group) is 1. The average Bonchev–Trinajstić information content (AvgIpc) is 2.54. The summed E-state index contributed by atoms with van der Waals surface area (Å²) in [5.41, 5.74) is 0.976. The Bertz CT molecular complexity index is 721. The van der Waals surface area contributed by atoms with Crippen molar-refractivity contribution in [1.82, 2.24) is 9.88 Å². The highest BCUT2D eigenvalue weighted by Crippen LogP contribution is 2.16. The quantitative estimate of drug-likeness (QED) is 0.853. The van der Waals surface area contributed by atoms with Gasteiger partial charge >= 0.3 is 0 Å². The summed E-state index contributed by atoms with van der Waals surface area (Å²) in [7, 11) is 3.09. The maximum atomic E-state index is 12.2. The van der Waals surface area contributed by atoms with Crippen LogP contribution in [0.4, 0.5) is 5.69 Å². The number of rotatable bonds is 5. The number of aromatic nitrogens is 1. The summed E-state index contributed by atoms with van der Waals surface area (Å²) in [6.07, 6.45) is 1.44. The lowest BCUT2D eigenvalue weighted by atomic mass is 10.2. The second-order valence-electron chi connectivity index (χ2n) is 4.81. The predicted molar refractivity (Wildman–Crippen MR) is 87.8 cm³/mol. The van der Waals surface area contributed by atoms with E-state index < -0.39 is 0 Å². The molecule has 0 saturated heterocycles. The number of carbonyl (C=O) groups is 2. The van der Waals surface area contributed by atoms with Crippen LogP contribution in [0.1, 0.15) is 10.4 Å². The molecule has 0 radical (unpaired) electrons. The smallest absolute Gasteiger partial charge is 0.254 e. The molecular weight excluding hydrogens is 318 g/mol. The molecular formula is C16H16ClN3O3. The molecule has 0 unspecified atom stereocenters. The highest BCUT2D eigenvalue weighted by Gasteiger charge is 2.15. The highest BCUT2D eigenvalue weighted by atomic mass is 35.5. The van der Waals surface area contributed by atoms with Crippen molar-refractivity contribution >= 4 is 29.1 Å². The van der Waals surface area contributed by atoms with Crippen LogP contribution < -0.4 is 10.1 Å². The van der Waals surface area contributed by atoms with Crippen molar-refractivity contribution in [3.8, 4) is 5.75 Å². The minimum atomic E-state index is -0.311. The van der Waals surface area contributed by atoms with E-state index in [4.69, 9.17) is 16.3 Å². The molecule has 1 aromatic heterocycles. The number of anilines is 1. The van der Waals surface area contributed by atoms with Gasteiger partial charge in [-0.25, -0.2) is 4.98 Å². The van der Waals surface area contributed by atoms with Crippen LogP contribution in [0.15, 0.2) is 42.6 Å². The van der Waals surface area contributed by atoms with Gasteiger partial charge in [-0.2, -0.15) is 0 Å². The number of pyridine rings is 1. The Morgan fingerprint density at radius 2 is 2.09 bits per heavy atom. The Morgan fingerprint density at radius 3 is 2.78 bits per heavy atom. The number of hydrogen-bond donors (Lipinski definition) is 1. The third kappa shape index (κ3) is 4.69. The molecule has 23 heavy (non-hydrogen) atoms. The molecule has 0 aliphatic carbocycles. The average molecular weight is 334 g/mol. The number of benzene rings is 1. The molecule has 0 saturated carbocycles. The van der Waals surface area contributed by atoms with Gasteiger partial charge in [0, 0.05) is 30.6 Å². The van der Waals surface area contributed by atoms with Gasteiger partial charge in [0.15, 0.2) is 0 Å². The first-order valence-electron chi connectivity index (χ1n) is 6.80. The second-order valence-corrected chi connectivity index (χ2v) is 5.20. The van der Waals surface area contributed by atoms with Crippen molar-refractivity contribution in [2.24, 2.45) is 0 Å². The first-order chi connectivity index (χ1) is 11.0. The lowest BCUT2D eigenvalue weighted by Crippen LogP contribution is -2.34. The fraction of sp³-hybridized carbons (Fsp3) is 0.188. The molecule has 2 amide bonds. The fourth-order valence-electron chi connectivity index (χ4n) is 1.94. The van der Waals surface area contributed by atoms with Crippen molar-refractivity contribution in [2.75, 3.05) is 26.0 Å². The first kappa shape index (κ1) is 16.8. The van der Waals surface area contributed by atoms with Gasteiger partial charge in [-0.15, -0.1) is 0 Å². The van der Waals surface area contributed by atoms with Crippen LogP contribution in [0.2, 0.25) is 5.15 Å². The molecule has 6 nitrogen and oxygen atoms in total. The maximum absolute atomic E-state index is 12.2. The Labute approximate surface area is 139 Å². The summed E-state index contributed by atoms with van der Waals surface area (Å²) < 4.78 is 5.09. The molecule has 7 heteroatoms. The Morgan fingerprint density at radius 1 is 1.30 bits per heavy atom. The van der Waals surface area contributed by atoms with E-state index in [1.54, 1.807) is 44.5 Å². The van der Waals surface area contributed by atoms with E-state index in [-0.39, 0.29) is 23.5 Å². The zero-order chi connectivity index (χ0) is 16.8. The van der Waals surface area contributed by atoms with Gasteiger partial charge in [-0.05, 0) is 24.3 Å². The Kier molecular flexibility index (Phi) is 5.54. The van der Waals surface area contributed by atoms with Crippen molar-refractivity contribution < 1.29 is 14.3 Å². The molecule has 1 N–H and O–H groups in total. The minimum Gasteiger partial charge on any atom is -0.497 e. The van der Waals surface area contributed by atoms with Gasteiger partial charge in [-0.1, -0.05) is 17.7 Å². The highest BCUT2D eigenvalue weighted by molar-refractivity contribution is 6.29. The molecule has 0 atom stereocenters. The molecule has 0 spiro atoms. The molecule has 1 aromatic carbocycles. The van der Waals surface area contributed by atoms with Crippen LogP contribution in [-0.4, -0.2) is 42.4 Å². The fourth-order valence-corrected chi connectivity index (χ4v) is 2.12. The number of nitrogens with zero attached hydrogens (tertiary/aromatic N) is 2. The monoisotopic (exact) mass is 333 g/mol. The number of halogens is 1. The first-order valence-corrected chi connectivity index (χ1v) is 7.18. The summed E-state index contributed by atoms with van der Waals surface area (Å²) in [4.78, 5) is 29.4. The Hall–Kier alpha value is -2.60. The molecule has 0 aliphatic heterocycles. The predicted octanol–water partition coefficient (Wildman–Crippen LogP) is 2.45. The van der Waals surface area contributed by atoms with Crippen LogP contribution in [0.25, 0.3) is 0 Å². The molecule has 120 valence electrons. The largest absolute Gasteiger partial charge is 0.497 e. The standard InChI is InChI=1S/C16H16ClN3O3/c1-20(16(22)11-6-7-18-14(17)8-11)10-15(21)19-12-4-3-5-13(9-12)23-2/h3-9H,10H2,1-2H3,(H,19,21). The van der Waals surface area contributed by atoms with Crippen molar-refractivity contribution in [2.45, 2.75) is 0 Å². The summed E-state index contributed by atoms with van der Waals surface area (Å²) in [5.74, 6) is 0.0167. The third-order valence-electron chi connectivity index (χ3n) is 3.05. The van der Waals surface area contributed by atoms with Gasteiger partial charge in [0.05, 0.1) is 13.7 Å². The topological polar surface area (TPSA) is 71.5 Å². The van der Waals surface area contributed by atoms with Crippen molar-refractivity contribution in [3.05, 3.63) is 53.3 Å². The molecule has 0 aliphatic rings. The number of ether oxygens (including phenoxy) is 1. The van der Waals surface area contributed by atoms with Crippen LogP contribution >= 0.6 is 11.6 Å². The molecule has 0 fully saturated rings. The van der Waals surface area contributed by atoms with E-state index in [2.05, 4.69) is 10.3 Å². The zero-order valence-electron chi connectivity index (χ0n) is 12.7. The van der Waals surface area contributed by atoms with Crippen molar-refractivity contribution in [3.63, 3.8) is 0 Å². The van der Waals surface area contributed by atoms with E-state index in [0.29, 0.717) is 17.0 Å². The normalized spacial score (nSPS) is 10.0. The van der Waals surface area contributed by atoms with Gasteiger partial charge in [0.2, 0.25) is 5.91 Å². The number of amides is 2. The van der Waals surface area contributed by atoms with Crippen LogP contribution in [0.3, 0.4) is 0 Å². The van der Waals surface area contributed by atoms with Gasteiger partial charge in [-0.3, -0.25) is 9.59 Å². The zero-order valence-corrected chi connectivity index (χ0v) is 13.5. The van der Waals surface area contributed by atoms with Gasteiger partial charge in [0.25, 0.3) is 5.91 Å². The summed E-state index contributed by atoms with van der Waals surface area (Å²) >= 11 is 5.76. The van der Waals surface area contributed by atoms with Crippen LogP contribution in [-0.2, 0) is 4.79 Å². The SMILES string of the molecule is COc1cccc(NC(=O)CN(C)C(=O)c2ccnc(Cl)c2)c1. The minimum absolute atomic E-state index is 0.0873. The maximum Gasteiger partial charge on any atom is 0.254 e. The summed E-state index contributed by atoms with van der Waals surface area (Å²) in [6.45, 7) is -0.0873. The number of nitrogens with one attached hydrogen (secondary N) is 1. The number of methoxy groups -OCH3 is 1. The second kappa shape index (κ2) is 7.60. The molecule has 0 bridgehead atoms. The van der Waals surface area contributed by atoms with E-state index in [1.807, 2.05) is 0 Å². The Balaban J connectivity index is 1.97. The lowest BCUT2D eigenvalue weighted by Gasteiger charge is -2.17. The molecule has 1 heterocycles. The van der Waals surface area contributed by atoms with E-state index in [9.17, 15) is 9.59 Å². The van der Waals surface area contributed by atoms with Gasteiger partial charge < -0.3 is 15.0 Å². The summed E-state index contributed by atoms with van der Waals surface area (Å²) in [5, 5.41) is 2.94. The number of carbonyl (C=O) groups excluding carboxylic acids is 2. The molecule has 2 aromatic rings. The van der Waals surface area contributed by atoms with E-state index in [0.717, 1.165) is 0 Å².